The molecule has 1 aliphatic rings. The molecule has 1 atom stereocenters. The van der Waals surface area contributed by atoms with E-state index in [1.165, 1.54) is 4.88 Å². The molecule has 0 unspecified atom stereocenters. The Morgan fingerprint density at radius 1 is 1.43 bits per heavy atom. The first-order valence-electron chi connectivity index (χ1n) is 7.66. The van der Waals surface area contributed by atoms with Gasteiger partial charge in [-0.15, -0.1) is 11.3 Å². The van der Waals surface area contributed by atoms with Crippen LogP contribution in [0.1, 0.15) is 49.9 Å². The highest BCUT2D eigenvalue weighted by molar-refractivity contribution is 7.10. The molecule has 0 N–H and O–H groups in total. The van der Waals surface area contributed by atoms with Crippen LogP contribution in [0.3, 0.4) is 0 Å². The number of rotatable bonds is 5. The molecule has 21 heavy (non-hydrogen) atoms. The molecule has 116 valence electrons. The van der Waals surface area contributed by atoms with Gasteiger partial charge in [0.05, 0.1) is 6.04 Å². The third-order valence-electron chi connectivity index (χ3n) is 4.20. The summed E-state index contributed by atoms with van der Waals surface area (Å²) in [5.41, 5.74) is 0. The summed E-state index contributed by atoms with van der Waals surface area (Å²) in [7, 11) is 1.84. The number of carbonyl (C=O) groups excluding carboxylic acids is 2. The Labute approximate surface area is 130 Å². The van der Waals surface area contributed by atoms with Crippen LogP contribution in [0, 0.1) is 0 Å². The zero-order chi connectivity index (χ0) is 15.2. The molecule has 5 heteroatoms. The van der Waals surface area contributed by atoms with Gasteiger partial charge in [-0.1, -0.05) is 12.5 Å². The van der Waals surface area contributed by atoms with Gasteiger partial charge in [-0.25, -0.2) is 0 Å². The summed E-state index contributed by atoms with van der Waals surface area (Å²) in [4.78, 5) is 29.1. The minimum absolute atomic E-state index is 0.0948. The molecule has 0 radical (unpaired) electrons. The van der Waals surface area contributed by atoms with E-state index in [4.69, 9.17) is 0 Å². The number of amides is 2. The van der Waals surface area contributed by atoms with Crippen molar-refractivity contribution >= 4 is 23.2 Å². The van der Waals surface area contributed by atoms with E-state index in [0.717, 1.165) is 25.8 Å². The number of likely N-dealkylation sites (tertiary alicyclic amines) is 1. The SMILES string of the molecule is C[C@H](c1cccs1)N(C)C(=O)CCN1CCCCCC1=O. The Kier molecular flexibility index (Phi) is 5.79. The van der Waals surface area contributed by atoms with Crippen LogP contribution in [-0.2, 0) is 9.59 Å². The second-order valence-electron chi connectivity index (χ2n) is 5.64. The molecular weight excluding hydrogens is 284 g/mol. The van der Waals surface area contributed by atoms with Crippen LogP contribution < -0.4 is 0 Å². The van der Waals surface area contributed by atoms with Gasteiger partial charge in [0, 0.05) is 37.9 Å². The molecule has 1 saturated heterocycles. The highest BCUT2D eigenvalue weighted by atomic mass is 32.1. The van der Waals surface area contributed by atoms with Gasteiger partial charge in [-0.2, -0.15) is 0 Å². The van der Waals surface area contributed by atoms with Crippen molar-refractivity contribution in [3.8, 4) is 0 Å². The minimum atomic E-state index is 0.0948. The van der Waals surface area contributed by atoms with Crippen LogP contribution in [0.2, 0.25) is 0 Å². The van der Waals surface area contributed by atoms with E-state index in [-0.39, 0.29) is 17.9 Å². The number of nitrogens with zero attached hydrogens (tertiary/aromatic N) is 2. The minimum Gasteiger partial charge on any atom is -0.342 e. The lowest BCUT2D eigenvalue weighted by Crippen LogP contribution is -2.36. The van der Waals surface area contributed by atoms with E-state index in [1.54, 1.807) is 16.2 Å². The molecule has 4 nitrogen and oxygen atoms in total. The third kappa shape index (κ3) is 4.30. The van der Waals surface area contributed by atoms with Crippen LogP contribution in [0.15, 0.2) is 17.5 Å². The Bertz CT molecular complexity index is 473. The van der Waals surface area contributed by atoms with Crippen molar-refractivity contribution in [2.75, 3.05) is 20.1 Å². The fraction of sp³-hybridized carbons (Fsp3) is 0.625. The van der Waals surface area contributed by atoms with Crippen LogP contribution in [-0.4, -0.2) is 41.8 Å². The summed E-state index contributed by atoms with van der Waals surface area (Å²) in [6, 6.07) is 4.15. The van der Waals surface area contributed by atoms with E-state index in [2.05, 4.69) is 6.07 Å². The lowest BCUT2D eigenvalue weighted by Gasteiger charge is -2.26. The van der Waals surface area contributed by atoms with Crippen molar-refractivity contribution in [2.45, 2.75) is 45.1 Å². The van der Waals surface area contributed by atoms with Gasteiger partial charge < -0.3 is 9.80 Å². The Balaban J connectivity index is 1.84. The molecule has 2 heterocycles. The van der Waals surface area contributed by atoms with Gasteiger partial charge in [0.1, 0.15) is 0 Å². The number of hydrogen-bond acceptors (Lipinski definition) is 3. The summed E-state index contributed by atoms with van der Waals surface area (Å²) in [6.07, 6.45) is 4.21. The van der Waals surface area contributed by atoms with E-state index in [1.807, 2.05) is 30.3 Å². The first kappa shape index (κ1) is 16.0. The van der Waals surface area contributed by atoms with E-state index >= 15 is 0 Å². The van der Waals surface area contributed by atoms with Gasteiger partial charge in [0.2, 0.25) is 11.8 Å². The van der Waals surface area contributed by atoms with Crippen LogP contribution in [0.5, 0.6) is 0 Å². The van der Waals surface area contributed by atoms with Gasteiger partial charge in [-0.3, -0.25) is 9.59 Å². The van der Waals surface area contributed by atoms with Crippen molar-refractivity contribution in [1.82, 2.24) is 9.80 Å². The quantitative estimate of drug-likeness (QED) is 0.839. The molecule has 2 amide bonds. The topological polar surface area (TPSA) is 40.6 Å². The lowest BCUT2D eigenvalue weighted by atomic mass is 10.2. The Hall–Kier alpha value is -1.36. The lowest BCUT2D eigenvalue weighted by molar-refractivity contribution is -0.134. The molecule has 1 fully saturated rings. The zero-order valence-corrected chi connectivity index (χ0v) is 13.7. The largest absolute Gasteiger partial charge is 0.342 e. The molecule has 2 rings (SSSR count). The van der Waals surface area contributed by atoms with Gasteiger partial charge in [-0.05, 0) is 31.2 Å². The first-order chi connectivity index (χ1) is 10.1. The first-order valence-corrected chi connectivity index (χ1v) is 8.54. The maximum absolute atomic E-state index is 12.3. The average Bonchev–Trinajstić information content (AvgIpc) is 2.94. The molecule has 1 aliphatic heterocycles. The van der Waals surface area contributed by atoms with Crippen LogP contribution >= 0.6 is 11.3 Å². The van der Waals surface area contributed by atoms with Crippen molar-refractivity contribution in [1.29, 1.82) is 0 Å². The summed E-state index contributed by atoms with van der Waals surface area (Å²) >= 11 is 1.67. The third-order valence-corrected chi connectivity index (χ3v) is 5.24. The Morgan fingerprint density at radius 3 is 2.95 bits per heavy atom. The number of thiophene rings is 1. The molecule has 0 spiro atoms. The summed E-state index contributed by atoms with van der Waals surface area (Å²) in [5, 5.41) is 2.03. The zero-order valence-electron chi connectivity index (χ0n) is 12.9. The van der Waals surface area contributed by atoms with Crippen LogP contribution in [0.25, 0.3) is 0 Å². The highest BCUT2D eigenvalue weighted by Crippen LogP contribution is 2.24. The fourth-order valence-electron chi connectivity index (χ4n) is 2.62. The predicted molar refractivity (Wildman–Crippen MR) is 85.2 cm³/mol. The second-order valence-corrected chi connectivity index (χ2v) is 6.62. The fourth-order valence-corrected chi connectivity index (χ4v) is 3.44. The average molecular weight is 308 g/mol. The predicted octanol–water partition coefficient (Wildman–Crippen LogP) is 3.06. The maximum atomic E-state index is 12.3. The van der Waals surface area contributed by atoms with E-state index in [0.29, 0.717) is 19.4 Å². The molecular formula is C16H24N2O2S. The maximum Gasteiger partial charge on any atom is 0.224 e. The molecule has 0 aromatic carbocycles. The monoisotopic (exact) mass is 308 g/mol. The summed E-state index contributed by atoms with van der Waals surface area (Å²) in [5.74, 6) is 0.308. The van der Waals surface area contributed by atoms with Crippen molar-refractivity contribution in [3.63, 3.8) is 0 Å². The smallest absolute Gasteiger partial charge is 0.224 e. The summed E-state index contributed by atoms with van der Waals surface area (Å²) < 4.78 is 0. The molecule has 1 aromatic heterocycles. The van der Waals surface area contributed by atoms with Gasteiger partial charge >= 0.3 is 0 Å². The molecule has 0 aliphatic carbocycles. The van der Waals surface area contributed by atoms with Crippen molar-refractivity contribution < 1.29 is 9.59 Å². The van der Waals surface area contributed by atoms with E-state index < -0.39 is 0 Å². The Morgan fingerprint density at radius 2 is 2.24 bits per heavy atom. The van der Waals surface area contributed by atoms with Crippen LogP contribution in [0.4, 0.5) is 0 Å². The summed E-state index contributed by atoms with van der Waals surface area (Å²) in [6.45, 7) is 3.40. The molecule has 1 aromatic rings. The van der Waals surface area contributed by atoms with Crippen molar-refractivity contribution in [2.24, 2.45) is 0 Å². The van der Waals surface area contributed by atoms with Gasteiger partial charge in [0.25, 0.3) is 0 Å². The van der Waals surface area contributed by atoms with Crippen molar-refractivity contribution in [3.05, 3.63) is 22.4 Å². The molecule has 0 saturated carbocycles. The molecule has 0 bridgehead atoms. The van der Waals surface area contributed by atoms with Gasteiger partial charge in [0.15, 0.2) is 0 Å². The standard InChI is InChI=1S/C16H24N2O2S/c1-13(14-7-6-12-21-14)17(2)15(19)9-11-18-10-5-3-4-8-16(18)20/h6-7,12-13H,3-5,8-11H2,1-2H3/t13-/m1/s1. The van der Waals surface area contributed by atoms with E-state index in [9.17, 15) is 9.59 Å². The number of carbonyl (C=O) groups is 2. The normalized spacial score (nSPS) is 17.4. The second kappa shape index (κ2) is 7.59. The highest BCUT2D eigenvalue weighted by Gasteiger charge is 2.21. The number of hydrogen-bond donors (Lipinski definition) is 0.